The molecule has 0 amide bonds. The van der Waals surface area contributed by atoms with Crippen molar-refractivity contribution in [2.75, 3.05) is 7.11 Å². The standard InChI is InChI=1S/C14H25N3O2/c1-9(2)15-13(14(18)19-6)7-8-17-12(5)10(3)11(4)16-17/h9,13,15H,7-8H2,1-6H3. The molecule has 5 heteroatoms. The highest BCUT2D eigenvalue weighted by molar-refractivity contribution is 5.75. The lowest BCUT2D eigenvalue weighted by atomic mass is 10.2. The number of methoxy groups -OCH3 is 1. The molecule has 19 heavy (non-hydrogen) atoms. The highest BCUT2D eigenvalue weighted by atomic mass is 16.5. The molecule has 1 atom stereocenters. The van der Waals surface area contributed by atoms with Crippen LogP contribution in [0.15, 0.2) is 0 Å². The molecular weight excluding hydrogens is 242 g/mol. The van der Waals surface area contributed by atoms with Crippen molar-refractivity contribution >= 4 is 5.97 Å². The van der Waals surface area contributed by atoms with E-state index in [1.165, 1.54) is 12.7 Å². The molecule has 0 fully saturated rings. The highest BCUT2D eigenvalue weighted by Crippen LogP contribution is 2.12. The number of carbonyl (C=O) groups excluding carboxylic acids is 1. The molecule has 0 saturated heterocycles. The summed E-state index contributed by atoms with van der Waals surface area (Å²) in [5.41, 5.74) is 3.42. The first kappa shape index (κ1) is 15.7. The molecule has 1 aromatic heterocycles. The van der Waals surface area contributed by atoms with Crippen molar-refractivity contribution in [1.29, 1.82) is 0 Å². The second-order valence-corrected chi connectivity index (χ2v) is 5.20. The van der Waals surface area contributed by atoms with Crippen LogP contribution in [-0.4, -0.2) is 34.9 Å². The molecule has 0 radical (unpaired) electrons. The molecule has 108 valence electrons. The Balaban J connectivity index is 2.70. The van der Waals surface area contributed by atoms with E-state index in [1.54, 1.807) is 0 Å². The van der Waals surface area contributed by atoms with Gasteiger partial charge in [-0.3, -0.25) is 9.48 Å². The Hall–Kier alpha value is -1.36. The van der Waals surface area contributed by atoms with Crippen LogP contribution in [0.2, 0.25) is 0 Å². The van der Waals surface area contributed by atoms with Gasteiger partial charge < -0.3 is 10.1 Å². The predicted molar refractivity (Wildman–Crippen MR) is 75.1 cm³/mol. The van der Waals surface area contributed by atoms with E-state index in [2.05, 4.69) is 24.3 Å². The molecule has 0 aliphatic rings. The average molecular weight is 267 g/mol. The lowest BCUT2D eigenvalue weighted by Crippen LogP contribution is -2.42. The van der Waals surface area contributed by atoms with Gasteiger partial charge in [0, 0.05) is 18.3 Å². The third-order valence-corrected chi connectivity index (χ3v) is 3.39. The minimum absolute atomic E-state index is 0.216. The van der Waals surface area contributed by atoms with Crippen LogP contribution in [0.25, 0.3) is 0 Å². The molecular formula is C14H25N3O2. The number of aryl methyl sites for hydroxylation is 2. The Labute approximate surface area is 115 Å². The lowest BCUT2D eigenvalue weighted by molar-refractivity contribution is -0.143. The second-order valence-electron chi connectivity index (χ2n) is 5.20. The fourth-order valence-corrected chi connectivity index (χ4v) is 2.07. The van der Waals surface area contributed by atoms with E-state index in [9.17, 15) is 4.79 Å². The number of aromatic nitrogens is 2. The maximum Gasteiger partial charge on any atom is 0.322 e. The van der Waals surface area contributed by atoms with E-state index in [-0.39, 0.29) is 18.1 Å². The zero-order valence-corrected chi connectivity index (χ0v) is 12.8. The molecule has 0 aliphatic carbocycles. The van der Waals surface area contributed by atoms with Crippen LogP contribution in [0.4, 0.5) is 0 Å². The first-order chi connectivity index (χ1) is 8.86. The van der Waals surface area contributed by atoms with Gasteiger partial charge in [0.15, 0.2) is 0 Å². The second kappa shape index (κ2) is 6.70. The van der Waals surface area contributed by atoms with Crippen LogP contribution < -0.4 is 5.32 Å². The van der Waals surface area contributed by atoms with E-state index in [0.717, 1.165) is 11.4 Å². The van der Waals surface area contributed by atoms with Gasteiger partial charge in [0.1, 0.15) is 6.04 Å². The predicted octanol–water partition coefficient (Wildman–Crippen LogP) is 1.74. The molecule has 1 aromatic rings. The number of rotatable bonds is 6. The molecule has 1 unspecified atom stereocenters. The third-order valence-electron chi connectivity index (χ3n) is 3.39. The van der Waals surface area contributed by atoms with E-state index in [0.29, 0.717) is 13.0 Å². The minimum Gasteiger partial charge on any atom is -0.468 e. The Kier molecular flexibility index (Phi) is 5.54. The summed E-state index contributed by atoms with van der Waals surface area (Å²) in [6.45, 7) is 10.9. The fraction of sp³-hybridized carbons (Fsp3) is 0.714. The molecule has 0 aliphatic heterocycles. The summed E-state index contributed by atoms with van der Waals surface area (Å²) in [5.74, 6) is -0.216. The topological polar surface area (TPSA) is 56.2 Å². The van der Waals surface area contributed by atoms with E-state index in [4.69, 9.17) is 4.74 Å². The number of carbonyl (C=O) groups is 1. The molecule has 0 saturated carbocycles. The summed E-state index contributed by atoms with van der Waals surface area (Å²) >= 11 is 0. The molecule has 1 N–H and O–H groups in total. The Morgan fingerprint density at radius 2 is 2.00 bits per heavy atom. The fourth-order valence-electron chi connectivity index (χ4n) is 2.07. The Bertz CT molecular complexity index is 438. The molecule has 1 rings (SSSR count). The first-order valence-corrected chi connectivity index (χ1v) is 6.71. The molecule has 0 bridgehead atoms. The van der Waals surface area contributed by atoms with Gasteiger partial charge in [-0.25, -0.2) is 0 Å². The van der Waals surface area contributed by atoms with E-state index >= 15 is 0 Å². The van der Waals surface area contributed by atoms with Crippen molar-refractivity contribution in [3.8, 4) is 0 Å². The zero-order chi connectivity index (χ0) is 14.6. The van der Waals surface area contributed by atoms with Crippen molar-refractivity contribution in [2.24, 2.45) is 0 Å². The van der Waals surface area contributed by atoms with Crippen molar-refractivity contribution < 1.29 is 9.53 Å². The smallest absolute Gasteiger partial charge is 0.322 e. The molecule has 0 aromatic carbocycles. The van der Waals surface area contributed by atoms with Crippen LogP contribution in [0, 0.1) is 20.8 Å². The summed E-state index contributed by atoms with van der Waals surface area (Å²) in [6, 6.07) is -0.0412. The van der Waals surface area contributed by atoms with Crippen LogP contribution in [0.3, 0.4) is 0 Å². The van der Waals surface area contributed by atoms with Gasteiger partial charge in [-0.2, -0.15) is 5.10 Å². The van der Waals surface area contributed by atoms with Crippen molar-refractivity contribution in [2.45, 2.75) is 59.7 Å². The summed E-state index contributed by atoms with van der Waals surface area (Å²) in [4.78, 5) is 11.7. The minimum atomic E-state index is -0.283. The Morgan fingerprint density at radius 1 is 1.37 bits per heavy atom. The first-order valence-electron chi connectivity index (χ1n) is 6.71. The molecule has 5 nitrogen and oxygen atoms in total. The maximum atomic E-state index is 11.7. The third kappa shape index (κ3) is 4.06. The quantitative estimate of drug-likeness (QED) is 0.798. The summed E-state index contributed by atoms with van der Waals surface area (Å²) < 4.78 is 6.79. The SMILES string of the molecule is COC(=O)C(CCn1nc(C)c(C)c1C)NC(C)C. The van der Waals surface area contributed by atoms with Crippen molar-refractivity contribution in [3.05, 3.63) is 17.0 Å². The number of nitrogens with zero attached hydrogens (tertiary/aromatic N) is 2. The highest BCUT2D eigenvalue weighted by Gasteiger charge is 2.20. The Morgan fingerprint density at radius 3 is 2.42 bits per heavy atom. The molecule has 0 spiro atoms. The number of ether oxygens (including phenoxy) is 1. The number of nitrogens with one attached hydrogen (secondary N) is 1. The van der Waals surface area contributed by atoms with Crippen LogP contribution in [0.5, 0.6) is 0 Å². The summed E-state index contributed by atoms with van der Waals surface area (Å²) in [6.07, 6.45) is 0.673. The number of hydrogen-bond donors (Lipinski definition) is 1. The lowest BCUT2D eigenvalue weighted by Gasteiger charge is -2.19. The van der Waals surface area contributed by atoms with Crippen molar-refractivity contribution in [1.82, 2.24) is 15.1 Å². The van der Waals surface area contributed by atoms with Gasteiger partial charge >= 0.3 is 5.97 Å². The van der Waals surface area contributed by atoms with Gasteiger partial charge in [-0.1, -0.05) is 13.8 Å². The average Bonchev–Trinajstić information content (AvgIpc) is 2.60. The zero-order valence-electron chi connectivity index (χ0n) is 12.8. The van der Waals surface area contributed by atoms with Gasteiger partial charge in [-0.05, 0) is 32.8 Å². The van der Waals surface area contributed by atoms with E-state index in [1.807, 2.05) is 25.5 Å². The van der Waals surface area contributed by atoms with Gasteiger partial charge in [-0.15, -0.1) is 0 Å². The largest absolute Gasteiger partial charge is 0.468 e. The number of esters is 1. The van der Waals surface area contributed by atoms with Crippen LogP contribution >= 0.6 is 0 Å². The number of hydrogen-bond acceptors (Lipinski definition) is 4. The van der Waals surface area contributed by atoms with Crippen LogP contribution in [0.1, 0.15) is 37.2 Å². The normalized spacial score (nSPS) is 12.8. The monoisotopic (exact) mass is 267 g/mol. The van der Waals surface area contributed by atoms with Crippen LogP contribution in [-0.2, 0) is 16.1 Å². The van der Waals surface area contributed by atoms with E-state index < -0.39 is 0 Å². The summed E-state index contributed by atoms with van der Waals surface area (Å²) in [5, 5.41) is 7.71. The van der Waals surface area contributed by atoms with Gasteiger partial charge in [0.05, 0.1) is 12.8 Å². The van der Waals surface area contributed by atoms with Crippen molar-refractivity contribution in [3.63, 3.8) is 0 Å². The van der Waals surface area contributed by atoms with Gasteiger partial charge in [0.2, 0.25) is 0 Å². The summed E-state index contributed by atoms with van der Waals surface area (Å²) in [7, 11) is 1.42. The maximum absolute atomic E-state index is 11.7. The van der Waals surface area contributed by atoms with Gasteiger partial charge in [0.25, 0.3) is 0 Å². The molecule has 1 heterocycles.